The molecule has 0 aliphatic carbocycles. The van der Waals surface area contributed by atoms with E-state index < -0.39 is 0 Å². The number of nitrogens with zero attached hydrogens (tertiary/aromatic N) is 4. The van der Waals surface area contributed by atoms with E-state index in [-0.39, 0.29) is 6.61 Å². The van der Waals surface area contributed by atoms with Gasteiger partial charge in [-0.05, 0) is 31.5 Å². The van der Waals surface area contributed by atoms with Gasteiger partial charge in [0.2, 0.25) is 0 Å². The zero-order valence-electron chi connectivity index (χ0n) is 14.9. The molecule has 2 aromatic heterocycles. The van der Waals surface area contributed by atoms with E-state index in [1.807, 2.05) is 30.5 Å². The van der Waals surface area contributed by atoms with Gasteiger partial charge in [0.1, 0.15) is 18.4 Å². The third-order valence-electron chi connectivity index (χ3n) is 4.53. The molecule has 0 aliphatic rings. The number of hydrogen-bond donors (Lipinski definition) is 1. The van der Waals surface area contributed by atoms with E-state index in [4.69, 9.17) is 9.68 Å². The zero-order chi connectivity index (χ0) is 18.8. The summed E-state index contributed by atoms with van der Waals surface area (Å²) in [5, 5.41) is 28.1. The van der Waals surface area contributed by atoms with Gasteiger partial charge < -0.3 is 14.1 Å². The van der Waals surface area contributed by atoms with E-state index in [0.29, 0.717) is 35.0 Å². The Morgan fingerprint density at radius 2 is 1.77 bits per heavy atom. The molecule has 0 aliphatic heterocycles. The Bertz CT molecular complexity index is 1040. The zero-order valence-corrected chi connectivity index (χ0v) is 14.9. The maximum absolute atomic E-state index is 9.68. The average Bonchev–Trinajstić information content (AvgIpc) is 3.13. The Balaban J connectivity index is 2.12. The van der Waals surface area contributed by atoms with Gasteiger partial charge in [0.25, 0.3) is 0 Å². The molecule has 0 saturated carbocycles. The molecule has 0 amide bonds. The molecule has 0 bridgehead atoms. The predicted molar refractivity (Wildman–Crippen MR) is 95.0 cm³/mol. The van der Waals surface area contributed by atoms with Crippen LogP contribution in [-0.4, -0.2) is 14.7 Å². The number of hydrogen-bond acceptors (Lipinski definition) is 5. The van der Waals surface area contributed by atoms with Crippen LogP contribution < -0.4 is 0 Å². The number of aliphatic hydroxyl groups excluding tert-OH is 1. The number of nitriles is 2. The second-order valence-electron chi connectivity index (χ2n) is 6.07. The first-order chi connectivity index (χ1) is 12.5. The molecule has 0 spiro atoms. The van der Waals surface area contributed by atoms with Crippen LogP contribution in [0.15, 0.2) is 28.7 Å². The summed E-state index contributed by atoms with van der Waals surface area (Å²) in [5.41, 5.74) is 5.31. The average molecular weight is 346 g/mol. The highest BCUT2D eigenvalue weighted by molar-refractivity contribution is 5.75. The summed E-state index contributed by atoms with van der Waals surface area (Å²) < 4.78 is 7.42. The summed E-state index contributed by atoms with van der Waals surface area (Å²) in [7, 11) is 0. The number of oxazole rings is 1. The lowest BCUT2D eigenvalue weighted by Gasteiger charge is -2.09. The molecule has 1 aromatic carbocycles. The van der Waals surface area contributed by atoms with E-state index in [1.54, 1.807) is 19.1 Å². The summed E-state index contributed by atoms with van der Waals surface area (Å²) in [6.07, 6.45) is 0. The molecular weight excluding hydrogens is 328 g/mol. The first kappa shape index (κ1) is 17.5. The first-order valence-corrected chi connectivity index (χ1v) is 8.16. The summed E-state index contributed by atoms with van der Waals surface area (Å²) in [6.45, 7) is 5.77. The minimum absolute atomic E-state index is 0.219. The molecule has 3 aromatic rings. The van der Waals surface area contributed by atoms with Gasteiger partial charge in [0.15, 0.2) is 11.7 Å². The lowest BCUT2D eigenvalue weighted by Crippen LogP contribution is -2.06. The van der Waals surface area contributed by atoms with Crippen molar-refractivity contribution in [2.45, 2.75) is 33.9 Å². The number of aliphatic hydroxyl groups is 1. The van der Waals surface area contributed by atoms with Crippen molar-refractivity contribution in [2.75, 3.05) is 0 Å². The van der Waals surface area contributed by atoms with Crippen molar-refractivity contribution in [3.63, 3.8) is 0 Å². The van der Waals surface area contributed by atoms with Crippen molar-refractivity contribution >= 4 is 0 Å². The van der Waals surface area contributed by atoms with Crippen LogP contribution in [0.3, 0.4) is 0 Å². The van der Waals surface area contributed by atoms with Crippen molar-refractivity contribution in [1.29, 1.82) is 10.5 Å². The maximum Gasteiger partial charge on any atom is 0.191 e. The van der Waals surface area contributed by atoms with Crippen LogP contribution in [0.5, 0.6) is 0 Å². The lowest BCUT2D eigenvalue weighted by atomic mass is 10.0. The Morgan fingerprint density at radius 3 is 2.35 bits per heavy atom. The van der Waals surface area contributed by atoms with Gasteiger partial charge in [0.05, 0.1) is 23.7 Å². The molecule has 6 nitrogen and oxygen atoms in total. The molecule has 0 fully saturated rings. The van der Waals surface area contributed by atoms with Gasteiger partial charge in [-0.25, -0.2) is 4.98 Å². The second-order valence-corrected chi connectivity index (χ2v) is 6.07. The summed E-state index contributed by atoms with van der Waals surface area (Å²) in [4.78, 5) is 4.35. The van der Waals surface area contributed by atoms with Crippen molar-refractivity contribution in [3.05, 3.63) is 64.1 Å². The maximum atomic E-state index is 9.68. The normalized spacial score (nSPS) is 10.5. The van der Waals surface area contributed by atoms with Gasteiger partial charge in [-0.3, -0.25) is 0 Å². The number of aromatic nitrogens is 2. The Hall–Kier alpha value is -3.35. The molecule has 1 N–H and O–H groups in total. The van der Waals surface area contributed by atoms with Gasteiger partial charge in [-0.15, -0.1) is 0 Å². The Kier molecular flexibility index (Phi) is 4.62. The van der Waals surface area contributed by atoms with Crippen LogP contribution in [-0.2, 0) is 13.2 Å². The SMILES string of the molecule is Cc1nc(Cn2c(C)c(C#N)c(-c3ccc(C#N)cc3)c2C)c(CO)o1. The molecule has 0 saturated heterocycles. The molecule has 3 rings (SSSR count). The van der Waals surface area contributed by atoms with Crippen LogP contribution in [0.2, 0.25) is 0 Å². The Morgan fingerprint density at radius 1 is 1.08 bits per heavy atom. The number of benzene rings is 1. The second kappa shape index (κ2) is 6.87. The minimum atomic E-state index is -0.219. The third kappa shape index (κ3) is 2.88. The smallest absolute Gasteiger partial charge is 0.191 e. The molecule has 0 unspecified atom stereocenters. The molecule has 6 heteroatoms. The van der Waals surface area contributed by atoms with E-state index in [1.165, 1.54) is 0 Å². The van der Waals surface area contributed by atoms with Crippen LogP contribution in [0.1, 0.15) is 39.9 Å². The third-order valence-corrected chi connectivity index (χ3v) is 4.53. The van der Waals surface area contributed by atoms with Crippen molar-refractivity contribution < 1.29 is 9.52 Å². The highest BCUT2D eigenvalue weighted by atomic mass is 16.4. The van der Waals surface area contributed by atoms with E-state index >= 15 is 0 Å². The molecule has 0 radical (unpaired) electrons. The monoisotopic (exact) mass is 346 g/mol. The standard InChI is InChI=1S/C20H18N4O2/c1-12-17(9-22)20(16-6-4-15(8-21)5-7-16)13(2)24(12)10-18-19(11-25)26-14(3)23-18/h4-7,25H,10-11H2,1-3H3. The highest BCUT2D eigenvalue weighted by Crippen LogP contribution is 2.32. The van der Waals surface area contributed by atoms with Gasteiger partial charge in [0, 0.05) is 23.9 Å². The summed E-state index contributed by atoms with van der Waals surface area (Å²) in [5.74, 6) is 0.938. The summed E-state index contributed by atoms with van der Waals surface area (Å²) >= 11 is 0. The van der Waals surface area contributed by atoms with Gasteiger partial charge in [-0.2, -0.15) is 10.5 Å². The highest BCUT2D eigenvalue weighted by Gasteiger charge is 2.21. The van der Waals surface area contributed by atoms with Crippen LogP contribution in [0, 0.1) is 43.4 Å². The molecule has 26 heavy (non-hydrogen) atoms. The van der Waals surface area contributed by atoms with E-state index in [9.17, 15) is 10.4 Å². The van der Waals surface area contributed by atoms with E-state index in [2.05, 4.69) is 17.1 Å². The van der Waals surface area contributed by atoms with E-state index in [0.717, 1.165) is 22.5 Å². The van der Waals surface area contributed by atoms with Crippen LogP contribution in [0.25, 0.3) is 11.1 Å². The van der Waals surface area contributed by atoms with Gasteiger partial charge >= 0.3 is 0 Å². The van der Waals surface area contributed by atoms with Crippen molar-refractivity contribution in [1.82, 2.24) is 9.55 Å². The molecule has 130 valence electrons. The lowest BCUT2D eigenvalue weighted by molar-refractivity contribution is 0.243. The fraction of sp³-hybridized carbons (Fsp3) is 0.250. The first-order valence-electron chi connectivity index (χ1n) is 8.16. The largest absolute Gasteiger partial charge is 0.443 e. The quantitative estimate of drug-likeness (QED) is 0.781. The van der Waals surface area contributed by atoms with Crippen LogP contribution in [0.4, 0.5) is 0 Å². The van der Waals surface area contributed by atoms with Gasteiger partial charge in [-0.1, -0.05) is 12.1 Å². The summed E-state index contributed by atoms with van der Waals surface area (Å²) in [6, 6.07) is 11.6. The number of rotatable bonds is 4. The Labute approximate surface area is 151 Å². The van der Waals surface area contributed by atoms with Crippen molar-refractivity contribution in [3.8, 4) is 23.3 Å². The number of aryl methyl sites for hydroxylation is 1. The topological polar surface area (TPSA) is 98.8 Å². The van der Waals surface area contributed by atoms with Crippen LogP contribution >= 0.6 is 0 Å². The fourth-order valence-corrected chi connectivity index (χ4v) is 3.23. The molecule has 2 heterocycles. The molecule has 0 atom stereocenters. The fourth-order valence-electron chi connectivity index (χ4n) is 3.23. The minimum Gasteiger partial charge on any atom is -0.443 e. The van der Waals surface area contributed by atoms with Crippen molar-refractivity contribution in [2.24, 2.45) is 0 Å². The predicted octanol–water partition coefficient (Wildman–Crippen LogP) is 3.35. The molecular formula is C20H18N4O2.